The fourth-order valence-electron chi connectivity index (χ4n) is 5.30. The third-order valence-corrected chi connectivity index (χ3v) is 7.15. The Morgan fingerprint density at radius 2 is 1.89 bits per heavy atom. The van der Waals surface area contributed by atoms with Crippen molar-refractivity contribution in [2.24, 2.45) is 11.0 Å². The van der Waals surface area contributed by atoms with Gasteiger partial charge in [0.1, 0.15) is 11.5 Å². The molecule has 2 aromatic carbocycles. The topological polar surface area (TPSA) is 80.7 Å². The summed E-state index contributed by atoms with van der Waals surface area (Å²) in [6.07, 6.45) is 2.22. The van der Waals surface area contributed by atoms with Gasteiger partial charge in [0.25, 0.3) is 5.91 Å². The molecule has 1 fully saturated rings. The summed E-state index contributed by atoms with van der Waals surface area (Å²) < 4.78 is 16.2. The van der Waals surface area contributed by atoms with Gasteiger partial charge in [0.2, 0.25) is 0 Å². The molecule has 2 atom stereocenters. The van der Waals surface area contributed by atoms with Gasteiger partial charge in [-0.3, -0.25) is 14.5 Å². The molecule has 0 spiro atoms. The zero-order valence-corrected chi connectivity index (χ0v) is 22.5. The number of ether oxygens (including phenoxy) is 3. The number of hydrogen-bond donors (Lipinski definition) is 0. The van der Waals surface area contributed by atoms with Crippen LogP contribution in [0.5, 0.6) is 11.5 Å². The third-order valence-electron chi connectivity index (χ3n) is 7.15. The highest BCUT2D eigenvalue weighted by atomic mass is 16.5. The highest BCUT2D eigenvalue weighted by Gasteiger charge is 2.36. The molecule has 37 heavy (non-hydrogen) atoms. The number of amides is 1. The van der Waals surface area contributed by atoms with Gasteiger partial charge in [-0.05, 0) is 63.4 Å². The largest absolute Gasteiger partial charge is 0.497 e. The molecule has 0 bridgehead atoms. The fourth-order valence-corrected chi connectivity index (χ4v) is 5.30. The summed E-state index contributed by atoms with van der Waals surface area (Å²) in [7, 11) is 3.24. The zero-order valence-electron chi connectivity index (χ0n) is 22.5. The lowest BCUT2D eigenvalue weighted by Crippen LogP contribution is -2.44. The standard InChI is InChI=1S/C29H37N3O5/c1-6-37-29(34)21-8-7-13-31(17-21)18-28(33)32-26(23-11-9-19(2)14-20(23)3)16-25(30-32)24-12-10-22(35-4)15-27(24)36-5/h9-12,14-15,21,26H,6-8,13,16-18H2,1-5H3/t21-,26-/m0/s1. The maximum absolute atomic E-state index is 13.7. The third kappa shape index (κ3) is 5.96. The molecule has 2 aliphatic rings. The van der Waals surface area contributed by atoms with Gasteiger partial charge in [0, 0.05) is 24.6 Å². The minimum atomic E-state index is -0.222. The molecular formula is C29H37N3O5. The first-order valence-electron chi connectivity index (χ1n) is 12.9. The van der Waals surface area contributed by atoms with E-state index in [-0.39, 0.29) is 30.4 Å². The van der Waals surface area contributed by atoms with Crippen molar-refractivity contribution in [3.05, 3.63) is 58.7 Å². The number of hydrogen-bond acceptors (Lipinski definition) is 7. The van der Waals surface area contributed by atoms with Crippen molar-refractivity contribution in [2.45, 2.75) is 46.1 Å². The molecule has 0 unspecified atom stereocenters. The quantitative estimate of drug-likeness (QED) is 0.497. The zero-order chi connectivity index (χ0) is 26.5. The molecule has 0 N–H and O–H groups in total. The van der Waals surface area contributed by atoms with E-state index in [4.69, 9.17) is 19.3 Å². The maximum Gasteiger partial charge on any atom is 0.310 e. The summed E-state index contributed by atoms with van der Waals surface area (Å²) in [5.41, 5.74) is 5.01. The van der Waals surface area contributed by atoms with Crippen molar-refractivity contribution in [3.8, 4) is 11.5 Å². The Hall–Kier alpha value is -3.39. The van der Waals surface area contributed by atoms with E-state index in [9.17, 15) is 9.59 Å². The first-order valence-corrected chi connectivity index (χ1v) is 12.9. The Morgan fingerprint density at radius 3 is 2.59 bits per heavy atom. The number of likely N-dealkylation sites (tertiary alicyclic amines) is 1. The average molecular weight is 508 g/mol. The summed E-state index contributed by atoms with van der Waals surface area (Å²) in [6, 6.07) is 11.7. The van der Waals surface area contributed by atoms with Crippen LogP contribution in [-0.4, -0.2) is 68.0 Å². The van der Waals surface area contributed by atoms with Crippen LogP contribution in [0.1, 0.15) is 54.5 Å². The number of aryl methyl sites for hydroxylation is 2. The first kappa shape index (κ1) is 26.7. The van der Waals surface area contributed by atoms with Gasteiger partial charge in [0.05, 0.1) is 45.0 Å². The number of nitrogens with zero attached hydrogens (tertiary/aromatic N) is 3. The van der Waals surface area contributed by atoms with Gasteiger partial charge in [-0.2, -0.15) is 5.10 Å². The SMILES string of the molecule is CCOC(=O)[C@H]1CCCN(CC(=O)N2N=C(c3ccc(OC)cc3OC)C[C@H]2c2ccc(C)cc2C)C1. The molecule has 4 rings (SSSR count). The summed E-state index contributed by atoms with van der Waals surface area (Å²) in [5, 5.41) is 6.48. The van der Waals surface area contributed by atoms with Crippen LogP contribution in [0.2, 0.25) is 0 Å². The molecular weight excluding hydrogens is 470 g/mol. The molecule has 0 radical (unpaired) electrons. The number of methoxy groups -OCH3 is 2. The van der Waals surface area contributed by atoms with Crippen molar-refractivity contribution in [3.63, 3.8) is 0 Å². The second-order valence-electron chi connectivity index (χ2n) is 9.76. The number of piperidine rings is 1. The molecule has 2 aliphatic heterocycles. The lowest BCUT2D eigenvalue weighted by Gasteiger charge is -2.32. The van der Waals surface area contributed by atoms with Crippen LogP contribution >= 0.6 is 0 Å². The molecule has 198 valence electrons. The van der Waals surface area contributed by atoms with E-state index in [1.165, 1.54) is 5.56 Å². The molecule has 8 nitrogen and oxygen atoms in total. The molecule has 1 amide bonds. The number of esters is 1. The van der Waals surface area contributed by atoms with Crippen molar-refractivity contribution in [1.82, 2.24) is 9.91 Å². The number of hydrazone groups is 1. The van der Waals surface area contributed by atoms with Crippen LogP contribution in [0.25, 0.3) is 0 Å². The number of benzene rings is 2. The van der Waals surface area contributed by atoms with Crippen molar-refractivity contribution >= 4 is 17.6 Å². The van der Waals surface area contributed by atoms with Crippen LogP contribution in [0.15, 0.2) is 41.5 Å². The molecule has 0 saturated carbocycles. The minimum absolute atomic E-state index is 0.0861. The van der Waals surface area contributed by atoms with E-state index < -0.39 is 0 Å². The lowest BCUT2D eigenvalue weighted by molar-refractivity contribution is -0.150. The summed E-state index contributed by atoms with van der Waals surface area (Å²) in [4.78, 5) is 28.1. The predicted molar refractivity (Wildman–Crippen MR) is 142 cm³/mol. The van der Waals surface area contributed by atoms with Crippen LogP contribution in [0, 0.1) is 19.8 Å². The van der Waals surface area contributed by atoms with Crippen LogP contribution in [0.3, 0.4) is 0 Å². The molecule has 2 heterocycles. The second kappa shape index (κ2) is 11.8. The van der Waals surface area contributed by atoms with E-state index in [0.29, 0.717) is 31.1 Å². The molecule has 0 aromatic heterocycles. The normalized spacial score (nSPS) is 19.9. The predicted octanol–water partition coefficient (Wildman–Crippen LogP) is 4.27. The van der Waals surface area contributed by atoms with Crippen molar-refractivity contribution < 1.29 is 23.8 Å². The van der Waals surface area contributed by atoms with Crippen LogP contribution in [-0.2, 0) is 14.3 Å². The summed E-state index contributed by atoms with van der Waals surface area (Å²) in [6.45, 7) is 7.82. The molecule has 1 saturated heterocycles. The monoisotopic (exact) mass is 507 g/mol. The highest BCUT2D eigenvalue weighted by Crippen LogP contribution is 2.37. The van der Waals surface area contributed by atoms with E-state index >= 15 is 0 Å². The first-order chi connectivity index (χ1) is 17.8. The molecule has 2 aromatic rings. The minimum Gasteiger partial charge on any atom is -0.497 e. The molecule has 8 heteroatoms. The van der Waals surface area contributed by atoms with Crippen molar-refractivity contribution in [2.75, 3.05) is 40.5 Å². The number of carbonyl (C=O) groups excluding carboxylic acids is 2. The Labute approximate surface area is 219 Å². The Bertz CT molecular complexity index is 1180. The number of carbonyl (C=O) groups is 2. The molecule has 0 aliphatic carbocycles. The van der Waals surface area contributed by atoms with Gasteiger partial charge in [0.15, 0.2) is 0 Å². The van der Waals surface area contributed by atoms with Crippen LogP contribution in [0.4, 0.5) is 0 Å². The number of rotatable bonds is 8. The van der Waals surface area contributed by atoms with Gasteiger partial charge in [-0.15, -0.1) is 0 Å². The lowest BCUT2D eigenvalue weighted by atomic mass is 9.93. The van der Waals surface area contributed by atoms with Gasteiger partial charge >= 0.3 is 5.97 Å². The average Bonchev–Trinajstić information content (AvgIpc) is 3.33. The van der Waals surface area contributed by atoms with Gasteiger partial charge < -0.3 is 14.2 Å². The van der Waals surface area contributed by atoms with E-state index in [0.717, 1.165) is 41.8 Å². The Balaban J connectivity index is 1.62. The second-order valence-corrected chi connectivity index (χ2v) is 9.76. The summed E-state index contributed by atoms with van der Waals surface area (Å²) in [5.74, 6) is 0.884. The highest BCUT2D eigenvalue weighted by molar-refractivity contribution is 6.05. The Morgan fingerprint density at radius 1 is 1.08 bits per heavy atom. The maximum atomic E-state index is 13.7. The van der Waals surface area contributed by atoms with Gasteiger partial charge in [-0.1, -0.05) is 23.8 Å². The van der Waals surface area contributed by atoms with Gasteiger partial charge in [-0.25, -0.2) is 5.01 Å². The smallest absolute Gasteiger partial charge is 0.310 e. The fraction of sp³-hybridized carbons (Fsp3) is 0.483. The Kier molecular flexibility index (Phi) is 8.48. The van der Waals surface area contributed by atoms with E-state index in [2.05, 4.69) is 32.0 Å². The van der Waals surface area contributed by atoms with E-state index in [1.807, 2.05) is 30.0 Å². The summed E-state index contributed by atoms with van der Waals surface area (Å²) >= 11 is 0. The van der Waals surface area contributed by atoms with Crippen molar-refractivity contribution in [1.29, 1.82) is 0 Å². The van der Waals surface area contributed by atoms with E-state index in [1.54, 1.807) is 19.2 Å². The van der Waals surface area contributed by atoms with Crippen LogP contribution < -0.4 is 9.47 Å².